The number of hydrogen-bond acceptors (Lipinski definition) is 4. The second-order valence-electron chi connectivity index (χ2n) is 5.00. The SMILES string of the molecule is O=S(=O)(Nc1cn[nH]c1)c1ccc(F)c(CNC2CC2)c1. The van der Waals surface area contributed by atoms with Gasteiger partial charge in [0.1, 0.15) is 5.82 Å². The van der Waals surface area contributed by atoms with Crippen LogP contribution in [0.5, 0.6) is 0 Å². The van der Waals surface area contributed by atoms with Gasteiger partial charge in [-0.3, -0.25) is 9.82 Å². The molecule has 112 valence electrons. The van der Waals surface area contributed by atoms with E-state index >= 15 is 0 Å². The minimum atomic E-state index is -3.75. The maximum Gasteiger partial charge on any atom is 0.262 e. The number of sulfonamides is 1. The van der Waals surface area contributed by atoms with Crippen LogP contribution in [0, 0.1) is 5.82 Å². The fourth-order valence-corrected chi connectivity index (χ4v) is 3.00. The van der Waals surface area contributed by atoms with E-state index in [-0.39, 0.29) is 4.90 Å². The zero-order valence-corrected chi connectivity index (χ0v) is 12.0. The molecule has 3 rings (SSSR count). The first-order valence-corrected chi connectivity index (χ1v) is 8.06. The molecule has 1 aliphatic rings. The maximum absolute atomic E-state index is 13.7. The predicted octanol–water partition coefficient (Wildman–Crippen LogP) is 1.60. The molecular formula is C13H15FN4O2S. The van der Waals surface area contributed by atoms with Crippen molar-refractivity contribution in [2.45, 2.75) is 30.3 Å². The van der Waals surface area contributed by atoms with E-state index in [1.165, 1.54) is 30.6 Å². The molecule has 0 atom stereocenters. The van der Waals surface area contributed by atoms with Crippen molar-refractivity contribution in [3.63, 3.8) is 0 Å². The van der Waals surface area contributed by atoms with Crippen molar-refractivity contribution in [1.29, 1.82) is 0 Å². The van der Waals surface area contributed by atoms with Crippen LogP contribution in [0.25, 0.3) is 0 Å². The third-order valence-corrected chi connectivity index (χ3v) is 4.62. The smallest absolute Gasteiger partial charge is 0.262 e. The fraction of sp³-hybridized carbons (Fsp3) is 0.308. The van der Waals surface area contributed by atoms with Crippen molar-refractivity contribution in [3.8, 4) is 0 Å². The topological polar surface area (TPSA) is 86.9 Å². The number of nitrogens with one attached hydrogen (secondary N) is 3. The summed E-state index contributed by atoms with van der Waals surface area (Å²) in [6, 6.07) is 4.20. The first kappa shape index (κ1) is 14.0. The minimum absolute atomic E-state index is 0.0256. The normalized spacial score (nSPS) is 15.1. The van der Waals surface area contributed by atoms with Crippen LogP contribution in [0.2, 0.25) is 0 Å². The van der Waals surface area contributed by atoms with Gasteiger partial charge in [0.05, 0.1) is 16.8 Å². The van der Waals surface area contributed by atoms with Crippen LogP contribution in [0.3, 0.4) is 0 Å². The van der Waals surface area contributed by atoms with Crippen molar-refractivity contribution < 1.29 is 12.8 Å². The Balaban J connectivity index is 1.81. The molecule has 2 aromatic rings. The van der Waals surface area contributed by atoms with E-state index < -0.39 is 15.8 Å². The summed E-state index contributed by atoms with van der Waals surface area (Å²) < 4.78 is 40.5. The summed E-state index contributed by atoms with van der Waals surface area (Å²) in [6.07, 6.45) is 4.95. The predicted molar refractivity (Wildman–Crippen MR) is 75.7 cm³/mol. The van der Waals surface area contributed by atoms with Crippen LogP contribution < -0.4 is 10.0 Å². The van der Waals surface area contributed by atoms with E-state index in [0.29, 0.717) is 23.8 Å². The van der Waals surface area contributed by atoms with Crippen LogP contribution in [0.1, 0.15) is 18.4 Å². The molecule has 1 aromatic heterocycles. The van der Waals surface area contributed by atoms with E-state index in [9.17, 15) is 12.8 Å². The molecule has 0 saturated heterocycles. The summed E-state index contributed by atoms with van der Waals surface area (Å²) in [7, 11) is -3.75. The van der Waals surface area contributed by atoms with Crippen LogP contribution in [-0.2, 0) is 16.6 Å². The van der Waals surface area contributed by atoms with Crippen molar-refractivity contribution in [3.05, 3.63) is 42.0 Å². The molecule has 0 bridgehead atoms. The number of anilines is 1. The molecule has 1 fully saturated rings. The van der Waals surface area contributed by atoms with Crippen molar-refractivity contribution in [1.82, 2.24) is 15.5 Å². The molecule has 1 aromatic carbocycles. The first-order valence-electron chi connectivity index (χ1n) is 6.58. The van der Waals surface area contributed by atoms with Gasteiger partial charge in [-0.1, -0.05) is 0 Å². The lowest BCUT2D eigenvalue weighted by Crippen LogP contribution is -2.18. The van der Waals surface area contributed by atoms with Crippen molar-refractivity contribution in [2.75, 3.05) is 4.72 Å². The van der Waals surface area contributed by atoms with Gasteiger partial charge in [-0.25, -0.2) is 12.8 Å². The van der Waals surface area contributed by atoms with E-state index in [1.54, 1.807) is 0 Å². The Hall–Kier alpha value is -1.93. The van der Waals surface area contributed by atoms with E-state index in [0.717, 1.165) is 12.8 Å². The van der Waals surface area contributed by atoms with Crippen LogP contribution in [-0.4, -0.2) is 24.7 Å². The summed E-state index contributed by atoms with van der Waals surface area (Å²) in [4.78, 5) is 0.0256. The van der Waals surface area contributed by atoms with Gasteiger partial charge in [-0.05, 0) is 31.0 Å². The average molecular weight is 310 g/mol. The molecule has 0 spiro atoms. The van der Waals surface area contributed by atoms with E-state index in [1.807, 2.05) is 0 Å². The molecule has 3 N–H and O–H groups in total. The number of aromatic nitrogens is 2. The zero-order chi connectivity index (χ0) is 14.9. The monoisotopic (exact) mass is 310 g/mol. The Morgan fingerprint density at radius 2 is 2.19 bits per heavy atom. The molecule has 8 heteroatoms. The third-order valence-electron chi connectivity index (χ3n) is 3.24. The molecule has 1 heterocycles. The third kappa shape index (κ3) is 3.40. The molecule has 1 aliphatic carbocycles. The summed E-state index contributed by atoms with van der Waals surface area (Å²) >= 11 is 0. The van der Waals surface area contributed by atoms with Crippen LogP contribution in [0.4, 0.5) is 10.1 Å². The summed E-state index contributed by atoms with van der Waals surface area (Å²) in [5, 5.41) is 9.35. The van der Waals surface area contributed by atoms with Gasteiger partial charge in [0.25, 0.3) is 10.0 Å². The van der Waals surface area contributed by atoms with Gasteiger partial charge in [0, 0.05) is 24.3 Å². The number of benzene rings is 1. The number of aromatic amines is 1. The molecule has 0 radical (unpaired) electrons. The molecular weight excluding hydrogens is 295 g/mol. The van der Waals surface area contributed by atoms with E-state index in [2.05, 4.69) is 20.2 Å². The standard InChI is InChI=1S/C13H15FN4O2S/c14-13-4-3-12(5-9(13)6-15-10-1-2-10)21(19,20)18-11-7-16-17-8-11/h3-5,7-8,10,15,18H,1-2,6H2,(H,16,17). The van der Waals surface area contributed by atoms with Crippen molar-refractivity contribution >= 4 is 15.7 Å². The number of halogens is 1. The van der Waals surface area contributed by atoms with Crippen LogP contribution in [0.15, 0.2) is 35.5 Å². The maximum atomic E-state index is 13.7. The van der Waals surface area contributed by atoms with Gasteiger partial charge in [0.15, 0.2) is 0 Å². The molecule has 21 heavy (non-hydrogen) atoms. The quantitative estimate of drug-likeness (QED) is 0.756. The Morgan fingerprint density at radius 1 is 1.38 bits per heavy atom. The molecule has 0 amide bonds. The zero-order valence-electron chi connectivity index (χ0n) is 11.1. The highest BCUT2D eigenvalue weighted by Gasteiger charge is 2.22. The minimum Gasteiger partial charge on any atom is -0.310 e. The van der Waals surface area contributed by atoms with E-state index in [4.69, 9.17) is 0 Å². The second-order valence-corrected chi connectivity index (χ2v) is 6.68. The Labute approximate surface area is 121 Å². The highest BCUT2D eigenvalue weighted by Crippen LogP contribution is 2.22. The van der Waals surface area contributed by atoms with Gasteiger partial charge >= 0.3 is 0 Å². The lowest BCUT2D eigenvalue weighted by molar-refractivity contribution is 0.581. The Morgan fingerprint density at radius 3 is 2.86 bits per heavy atom. The molecule has 6 nitrogen and oxygen atoms in total. The molecule has 1 saturated carbocycles. The number of nitrogens with zero attached hydrogens (tertiary/aromatic N) is 1. The highest BCUT2D eigenvalue weighted by molar-refractivity contribution is 7.92. The highest BCUT2D eigenvalue weighted by atomic mass is 32.2. The van der Waals surface area contributed by atoms with Gasteiger partial charge in [-0.15, -0.1) is 0 Å². The van der Waals surface area contributed by atoms with Crippen LogP contribution >= 0.6 is 0 Å². The molecule has 0 unspecified atom stereocenters. The molecule has 0 aliphatic heterocycles. The van der Waals surface area contributed by atoms with Gasteiger partial charge < -0.3 is 5.32 Å². The number of hydrogen-bond donors (Lipinski definition) is 3. The van der Waals surface area contributed by atoms with Gasteiger partial charge in [0.2, 0.25) is 0 Å². The van der Waals surface area contributed by atoms with Gasteiger partial charge in [-0.2, -0.15) is 5.10 Å². The van der Waals surface area contributed by atoms with Crippen molar-refractivity contribution in [2.24, 2.45) is 0 Å². The lowest BCUT2D eigenvalue weighted by Gasteiger charge is -2.09. The average Bonchev–Trinajstić information content (AvgIpc) is 3.14. The summed E-state index contributed by atoms with van der Waals surface area (Å²) in [6.45, 7) is 0.325. The number of rotatable bonds is 6. The fourth-order valence-electron chi connectivity index (χ4n) is 1.92. The number of H-pyrrole nitrogens is 1. The largest absolute Gasteiger partial charge is 0.310 e. The first-order chi connectivity index (χ1) is 10.0. The summed E-state index contributed by atoms with van der Waals surface area (Å²) in [5.74, 6) is -0.412. The Bertz CT molecular complexity index is 727. The summed E-state index contributed by atoms with van der Waals surface area (Å²) in [5.41, 5.74) is 0.675. The second kappa shape index (κ2) is 5.45. The lowest BCUT2D eigenvalue weighted by atomic mass is 10.2. The Kier molecular flexibility index (Phi) is 3.64.